The molecule has 1 aromatic rings. The van der Waals surface area contributed by atoms with E-state index in [2.05, 4.69) is 10.2 Å². The summed E-state index contributed by atoms with van der Waals surface area (Å²) in [5, 5.41) is 3.15. The van der Waals surface area contributed by atoms with E-state index in [1.807, 2.05) is 23.1 Å². The molecular formula is C21H32N4O2. The van der Waals surface area contributed by atoms with E-state index in [1.54, 1.807) is 0 Å². The fourth-order valence-electron chi connectivity index (χ4n) is 4.02. The SMILES string of the molecule is NC(=O)c1cc(N2CCCCC2)ccc1NCC(=O)N1CCCCCCC1. The normalized spacial score (nSPS) is 18.5. The molecule has 2 aliphatic rings. The molecule has 2 heterocycles. The van der Waals surface area contributed by atoms with Crippen LogP contribution in [0.4, 0.5) is 11.4 Å². The van der Waals surface area contributed by atoms with Gasteiger partial charge in [0.2, 0.25) is 5.91 Å². The molecule has 6 heteroatoms. The topological polar surface area (TPSA) is 78.7 Å². The zero-order chi connectivity index (χ0) is 19.1. The van der Waals surface area contributed by atoms with E-state index in [9.17, 15) is 9.59 Å². The summed E-state index contributed by atoms with van der Waals surface area (Å²) >= 11 is 0. The highest BCUT2D eigenvalue weighted by Crippen LogP contribution is 2.25. The summed E-state index contributed by atoms with van der Waals surface area (Å²) in [4.78, 5) is 28.8. The van der Waals surface area contributed by atoms with Crippen molar-refractivity contribution in [3.05, 3.63) is 23.8 Å². The van der Waals surface area contributed by atoms with Crippen LogP contribution in [0.3, 0.4) is 0 Å². The highest BCUT2D eigenvalue weighted by molar-refractivity contribution is 6.00. The second-order valence-electron chi connectivity index (χ2n) is 7.64. The Morgan fingerprint density at radius 3 is 2.15 bits per heavy atom. The molecule has 0 spiro atoms. The molecule has 2 saturated heterocycles. The second kappa shape index (κ2) is 9.62. The van der Waals surface area contributed by atoms with Crippen LogP contribution in [0, 0.1) is 0 Å². The number of primary amides is 1. The van der Waals surface area contributed by atoms with E-state index in [4.69, 9.17) is 5.73 Å². The van der Waals surface area contributed by atoms with Gasteiger partial charge in [0.1, 0.15) is 0 Å². The molecule has 27 heavy (non-hydrogen) atoms. The molecule has 148 valence electrons. The van der Waals surface area contributed by atoms with Crippen LogP contribution in [0.15, 0.2) is 18.2 Å². The van der Waals surface area contributed by atoms with Crippen LogP contribution >= 0.6 is 0 Å². The smallest absolute Gasteiger partial charge is 0.250 e. The van der Waals surface area contributed by atoms with E-state index < -0.39 is 5.91 Å². The van der Waals surface area contributed by atoms with Gasteiger partial charge in [-0.25, -0.2) is 0 Å². The third kappa shape index (κ3) is 5.37. The number of anilines is 2. The molecular weight excluding hydrogens is 340 g/mol. The molecule has 0 unspecified atom stereocenters. The number of nitrogens with one attached hydrogen (secondary N) is 1. The number of benzene rings is 1. The fourth-order valence-corrected chi connectivity index (χ4v) is 4.02. The molecule has 2 amide bonds. The first-order chi connectivity index (χ1) is 13.1. The van der Waals surface area contributed by atoms with Crippen LogP contribution in [0.25, 0.3) is 0 Å². The van der Waals surface area contributed by atoms with Gasteiger partial charge in [0, 0.05) is 37.6 Å². The fraction of sp³-hybridized carbons (Fsp3) is 0.619. The highest BCUT2D eigenvalue weighted by Gasteiger charge is 2.18. The molecule has 1 aromatic carbocycles. The Labute approximate surface area is 162 Å². The first-order valence-corrected chi connectivity index (χ1v) is 10.4. The van der Waals surface area contributed by atoms with Gasteiger partial charge in [-0.15, -0.1) is 0 Å². The third-order valence-corrected chi connectivity index (χ3v) is 5.63. The minimum atomic E-state index is -0.463. The first-order valence-electron chi connectivity index (χ1n) is 10.4. The Balaban J connectivity index is 1.64. The minimum Gasteiger partial charge on any atom is -0.376 e. The van der Waals surface area contributed by atoms with Crippen molar-refractivity contribution in [2.75, 3.05) is 42.9 Å². The molecule has 6 nitrogen and oxygen atoms in total. The van der Waals surface area contributed by atoms with Gasteiger partial charge in [-0.2, -0.15) is 0 Å². The van der Waals surface area contributed by atoms with Crippen molar-refractivity contribution in [2.45, 2.75) is 51.4 Å². The summed E-state index contributed by atoms with van der Waals surface area (Å²) < 4.78 is 0. The van der Waals surface area contributed by atoms with Gasteiger partial charge < -0.3 is 20.9 Å². The minimum absolute atomic E-state index is 0.0902. The number of nitrogens with zero attached hydrogens (tertiary/aromatic N) is 2. The van der Waals surface area contributed by atoms with Gasteiger partial charge in [-0.05, 0) is 50.3 Å². The molecule has 0 aliphatic carbocycles. The van der Waals surface area contributed by atoms with E-state index in [-0.39, 0.29) is 12.5 Å². The summed E-state index contributed by atoms with van der Waals surface area (Å²) in [5.74, 6) is -0.373. The number of carbonyl (C=O) groups is 2. The Morgan fingerprint density at radius 1 is 0.889 bits per heavy atom. The second-order valence-corrected chi connectivity index (χ2v) is 7.64. The van der Waals surface area contributed by atoms with Crippen LogP contribution in [0.5, 0.6) is 0 Å². The predicted octanol–water partition coefficient (Wildman–Crippen LogP) is 2.98. The third-order valence-electron chi connectivity index (χ3n) is 5.63. The summed E-state index contributed by atoms with van der Waals surface area (Å²) in [7, 11) is 0. The van der Waals surface area contributed by atoms with Crippen LogP contribution < -0.4 is 16.0 Å². The molecule has 0 bridgehead atoms. The summed E-state index contributed by atoms with van der Waals surface area (Å²) in [6.07, 6.45) is 9.42. The molecule has 2 aliphatic heterocycles. The van der Waals surface area contributed by atoms with Gasteiger partial charge in [0.25, 0.3) is 5.91 Å². The predicted molar refractivity (Wildman–Crippen MR) is 109 cm³/mol. The number of carbonyl (C=O) groups excluding carboxylic acids is 2. The molecule has 0 radical (unpaired) electrons. The van der Waals surface area contributed by atoms with Crippen molar-refractivity contribution >= 4 is 23.2 Å². The number of piperidine rings is 1. The first kappa shape index (κ1) is 19.5. The van der Waals surface area contributed by atoms with Crippen LogP contribution in [0.1, 0.15) is 61.7 Å². The Morgan fingerprint density at radius 2 is 1.48 bits per heavy atom. The Hall–Kier alpha value is -2.24. The summed E-state index contributed by atoms with van der Waals surface area (Å²) in [6, 6.07) is 5.75. The average Bonchev–Trinajstić information content (AvgIpc) is 2.66. The number of hydrogen-bond donors (Lipinski definition) is 2. The average molecular weight is 373 g/mol. The Bertz CT molecular complexity index is 648. The quantitative estimate of drug-likeness (QED) is 0.833. The zero-order valence-corrected chi connectivity index (χ0v) is 16.2. The number of amides is 2. The van der Waals surface area contributed by atoms with Crippen molar-refractivity contribution in [1.29, 1.82) is 0 Å². The molecule has 3 rings (SSSR count). The summed E-state index contributed by atoms with van der Waals surface area (Å²) in [5.41, 5.74) is 7.74. The van der Waals surface area contributed by atoms with E-state index in [0.29, 0.717) is 11.3 Å². The number of hydrogen-bond acceptors (Lipinski definition) is 4. The molecule has 2 fully saturated rings. The standard InChI is InChI=1S/C21H32N4O2/c22-21(27)18-15-17(24-11-7-4-8-12-24)9-10-19(18)23-16-20(26)25-13-5-2-1-3-6-14-25/h9-10,15,23H,1-8,11-14,16H2,(H2,22,27). The molecule has 0 saturated carbocycles. The molecule has 0 atom stereocenters. The largest absolute Gasteiger partial charge is 0.376 e. The van der Waals surface area contributed by atoms with Gasteiger partial charge in [-0.1, -0.05) is 19.3 Å². The van der Waals surface area contributed by atoms with Crippen molar-refractivity contribution in [2.24, 2.45) is 5.73 Å². The number of rotatable bonds is 5. The summed E-state index contributed by atoms with van der Waals surface area (Å²) in [6.45, 7) is 3.88. The van der Waals surface area contributed by atoms with Crippen molar-refractivity contribution in [3.8, 4) is 0 Å². The van der Waals surface area contributed by atoms with Crippen molar-refractivity contribution in [3.63, 3.8) is 0 Å². The lowest BCUT2D eigenvalue weighted by Gasteiger charge is -2.29. The maximum absolute atomic E-state index is 12.6. The Kier molecular flexibility index (Phi) is 6.96. The van der Waals surface area contributed by atoms with Crippen molar-refractivity contribution < 1.29 is 9.59 Å². The number of likely N-dealkylation sites (tertiary alicyclic amines) is 1. The highest BCUT2D eigenvalue weighted by atomic mass is 16.2. The van der Waals surface area contributed by atoms with Crippen LogP contribution in [-0.4, -0.2) is 49.4 Å². The lowest BCUT2D eigenvalue weighted by atomic mass is 10.1. The van der Waals surface area contributed by atoms with Gasteiger partial charge >= 0.3 is 0 Å². The van der Waals surface area contributed by atoms with Crippen LogP contribution in [0.2, 0.25) is 0 Å². The lowest BCUT2D eigenvalue weighted by Crippen LogP contribution is -2.37. The maximum Gasteiger partial charge on any atom is 0.250 e. The maximum atomic E-state index is 12.6. The van der Waals surface area contributed by atoms with E-state index in [1.165, 1.54) is 38.5 Å². The van der Waals surface area contributed by atoms with Gasteiger partial charge in [0.05, 0.1) is 12.1 Å². The van der Waals surface area contributed by atoms with E-state index in [0.717, 1.165) is 44.7 Å². The van der Waals surface area contributed by atoms with Gasteiger partial charge in [-0.3, -0.25) is 9.59 Å². The van der Waals surface area contributed by atoms with E-state index >= 15 is 0 Å². The van der Waals surface area contributed by atoms with Gasteiger partial charge in [0.15, 0.2) is 0 Å². The number of nitrogens with two attached hydrogens (primary N) is 1. The zero-order valence-electron chi connectivity index (χ0n) is 16.2. The van der Waals surface area contributed by atoms with Crippen LogP contribution in [-0.2, 0) is 4.79 Å². The monoisotopic (exact) mass is 372 g/mol. The lowest BCUT2D eigenvalue weighted by molar-refractivity contribution is -0.129. The molecule has 3 N–H and O–H groups in total. The van der Waals surface area contributed by atoms with Crippen molar-refractivity contribution in [1.82, 2.24) is 4.90 Å². The molecule has 0 aromatic heterocycles.